The molecule has 66 valence electrons. The van der Waals surface area contributed by atoms with Crippen molar-refractivity contribution in [2.45, 2.75) is 33.3 Å². The maximum Gasteiger partial charge on any atom is 0.0718 e. The Kier molecular flexibility index (Phi) is 7.97. The van der Waals surface area contributed by atoms with E-state index in [0.717, 1.165) is 19.6 Å². The van der Waals surface area contributed by atoms with Crippen molar-refractivity contribution in [2.75, 3.05) is 19.6 Å². The molecule has 0 spiro atoms. The normalized spacial score (nSPS) is 11.5. The van der Waals surface area contributed by atoms with Crippen LogP contribution in [0, 0.1) is 0 Å². The number of aliphatic hydroxyl groups is 1. The number of hydrogen-bond donors (Lipinski definition) is 1. The van der Waals surface area contributed by atoms with Crippen LogP contribution >= 0.6 is 0 Å². The van der Waals surface area contributed by atoms with Gasteiger partial charge in [-0.25, -0.2) is 0 Å². The quantitative estimate of drug-likeness (QED) is 0.675. The van der Waals surface area contributed by atoms with Crippen LogP contribution in [0.25, 0.3) is 0 Å². The van der Waals surface area contributed by atoms with Crippen molar-refractivity contribution in [3.63, 3.8) is 0 Å². The van der Waals surface area contributed by atoms with Crippen LogP contribution in [-0.4, -0.2) is 35.2 Å². The van der Waals surface area contributed by atoms with Gasteiger partial charge in [-0.2, -0.15) is 0 Å². The van der Waals surface area contributed by atoms with E-state index in [2.05, 4.69) is 18.7 Å². The van der Waals surface area contributed by atoms with Crippen molar-refractivity contribution >= 4 is 0 Å². The fourth-order valence-electron chi connectivity index (χ4n) is 0.994. The SMILES string of the molecule is CCN(CC)CC(C)(C)O.[Ti]. The Morgan fingerprint density at radius 1 is 1.18 bits per heavy atom. The second-order valence-electron chi connectivity index (χ2n) is 3.27. The van der Waals surface area contributed by atoms with Gasteiger partial charge in [0.25, 0.3) is 0 Å². The van der Waals surface area contributed by atoms with E-state index < -0.39 is 5.60 Å². The molecular formula is C8H19NOTi. The minimum absolute atomic E-state index is 0. The van der Waals surface area contributed by atoms with E-state index in [1.807, 2.05) is 13.8 Å². The smallest absolute Gasteiger partial charge is 0.0718 e. The molecular weight excluding hydrogens is 174 g/mol. The van der Waals surface area contributed by atoms with Gasteiger partial charge in [0, 0.05) is 28.3 Å². The molecule has 0 atom stereocenters. The third kappa shape index (κ3) is 8.54. The first-order chi connectivity index (χ1) is 4.49. The third-order valence-electron chi connectivity index (χ3n) is 1.50. The topological polar surface area (TPSA) is 23.5 Å². The predicted molar refractivity (Wildman–Crippen MR) is 44.1 cm³/mol. The molecule has 0 heterocycles. The molecule has 0 aromatic carbocycles. The molecule has 0 aliphatic rings. The molecule has 0 aliphatic carbocycles. The molecule has 0 amide bonds. The van der Waals surface area contributed by atoms with Gasteiger partial charge in [0.2, 0.25) is 0 Å². The Balaban J connectivity index is 0. The Bertz CT molecular complexity index is 86.6. The van der Waals surface area contributed by atoms with Crippen molar-refractivity contribution in [3.8, 4) is 0 Å². The van der Waals surface area contributed by atoms with Crippen LogP contribution in [0.2, 0.25) is 0 Å². The molecule has 2 nitrogen and oxygen atoms in total. The zero-order valence-corrected chi connectivity index (χ0v) is 9.58. The summed E-state index contributed by atoms with van der Waals surface area (Å²) in [7, 11) is 0. The summed E-state index contributed by atoms with van der Waals surface area (Å²) in [5.41, 5.74) is -0.550. The van der Waals surface area contributed by atoms with E-state index in [4.69, 9.17) is 0 Å². The van der Waals surface area contributed by atoms with Gasteiger partial charge >= 0.3 is 0 Å². The summed E-state index contributed by atoms with van der Waals surface area (Å²) in [5, 5.41) is 9.41. The number of likely N-dealkylation sites (N-methyl/N-ethyl adjacent to an activating group) is 1. The minimum atomic E-state index is -0.550. The Morgan fingerprint density at radius 3 is 1.64 bits per heavy atom. The fraction of sp³-hybridized carbons (Fsp3) is 1.00. The van der Waals surface area contributed by atoms with Crippen LogP contribution < -0.4 is 0 Å². The van der Waals surface area contributed by atoms with E-state index in [1.165, 1.54) is 0 Å². The van der Waals surface area contributed by atoms with Crippen LogP contribution in [0.15, 0.2) is 0 Å². The summed E-state index contributed by atoms with van der Waals surface area (Å²) in [6, 6.07) is 0. The van der Waals surface area contributed by atoms with Crippen LogP contribution in [0.1, 0.15) is 27.7 Å². The molecule has 0 saturated carbocycles. The molecule has 0 aromatic rings. The first-order valence-electron chi connectivity index (χ1n) is 3.94. The summed E-state index contributed by atoms with van der Waals surface area (Å²) in [6.07, 6.45) is 0. The van der Waals surface area contributed by atoms with Crippen LogP contribution in [-0.2, 0) is 21.7 Å². The maximum absolute atomic E-state index is 9.41. The first-order valence-corrected chi connectivity index (χ1v) is 3.94. The van der Waals surface area contributed by atoms with E-state index in [0.29, 0.717) is 0 Å². The van der Waals surface area contributed by atoms with Crippen molar-refractivity contribution in [1.29, 1.82) is 0 Å². The average Bonchev–Trinajstić information content (AvgIpc) is 1.81. The minimum Gasteiger partial charge on any atom is -0.389 e. The van der Waals surface area contributed by atoms with E-state index in [-0.39, 0.29) is 21.7 Å². The first kappa shape index (κ1) is 14.2. The number of nitrogens with zero attached hydrogens (tertiary/aromatic N) is 1. The summed E-state index contributed by atoms with van der Waals surface area (Å²) in [4.78, 5) is 2.21. The van der Waals surface area contributed by atoms with Gasteiger partial charge in [-0.05, 0) is 26.9 Å². The molecule has 0 aliphatic heterocycles. The molecule has 1 N–H and O–H groups in total. The van der Waals surface area contributed by atoms with Crippen molar-refractivity contribution in [1.82, 2.24) is 4.90 Å². The largest absolute Gasteiger partial charge is 0.389 e. The van der Waals surface area contributed by atoms with Crippen molar-refractivity contribution in [2.24, 2.45) is 0 Å². The van der Waals surface area contributed by atoms with E-state index in [9.17, 15) is 5.11 Å². The van der Waals surface area contributed by atoms with Gasteiger partial charge in [-0.1, -0.05) is 13.8 Å². The molecule has 0 unspecified atom stereocenters. The second-order valence-corrected chi connectivity index (χ2v) is 3.27. The number of hydrogen-bond acceptors (Lipinski definition) is 2. The van der Waals surface area contributed by atoms with E-state index >= 15 is 0 Å². The van der Waals surface area contributed by atoms with Crippen LogP contribution in [0.3, 0.4) is 0 Å². The van der Waals surface area contributed by atoms with Gasteiger partial charge in [-0.15, -0.1) is 0 Å². The molecule has 0 radical (unpaired) electrons. The molecule has 0 saturated heterocycles. The molecule has 0 rings (SSSR count). The van der Waals surface area contributed by atoms with Crippen LogP contribution in [0.4, 0.5) is 0 Å². The average molecular weight is 193 g/mol. The molecule has 3 heteroatoms. The van der Waals surface area contributed by atoms with E-state index in [1.54, 1.807) is 0 Å². The Morgan fingerprint density at radius 2 is 1.55 bits per heavy atom. The molecule has 11 heavy (non-hydrogen) atoms. The third-order valence-corrected chi connectivity index (χ3v) is 1.50. The molecule has 0 fully saturated rings. The number of rotatable bonds is 4. The van der Waals surface area contributed by atoms with Gasteiger partial charge in [0.1, 0.15) is 0 Å². The summed E-state index contributed by atoms with van der Waals surface area (Å²) >= 11 is 0. The van der Waals surface area contributed by atoms with Gasteiger partial charge in [0.05, 0.1) is 5.60 Å². The monoisotopic (exact) mass is 193 g/mol. The van der Waals surface area contributed by atoms with Gasteiger partial charge in [0.15, 0.2) is 0 Å². The summed E-state index contributed by atoms with van der Waals surface area (Å²) in [5.74, 6) is 0. The molecule has 0 aromatic heterocycles. The predicted octanol–water partition coefficient (Wildman–Crippen LogP) is 1.10. The standard InChI is InChI=1S/C8H19NO.Ti/c1-5-9(6-2)7-8(3,4)10;/h10H,5-7H2,1-4H3;. The zero-order valence-electron chi connectivity index (χ0n) is 8.02. The Labute approximate surface area is 84.9 Å². The van der Waals surface area contributed by atoms with Crippen LogP contribution in [0.5, 0.6) is 0 Å². The fourth-order valence-corrected chi connectivity index (χ4v) is 0.994. The Hall–Kier alpha value is 0.634. The second kappa shape index (κ2) is 6.18. The molecule has 0 bridgehead atoms. The zero-order chi connectivity index (χ0) is 8.20. The summed E-state index contributed by atoms with van der Waals surface area (Å²) in [6.45, 7) is 10.7. The van der Waals surface area contributed by atoms with Gasteiger partial charge in [-0.3, -0.25) is 0 Å². The van der Waals surface area contributed by atoms with Gasteiger partial charge < -0.3 is 10.0 Å². The maximum atomic E-state index is 9.41. The van der Waals surface area contributed by atoms with Crippen molar-refractivity contribution in [3.05, 3.63) is 0 Å². The van der Waals surface area contributed by atoms with Crippen molar-refractivity contribution < 1.29 is 26.8 Å². The summed E-state index contributed by atoms with van der Waals surface area (Å²) < 4.78 is 0.